The van der Waals surface area contributed by atoms with Crippen molar-refractivity contribution >= 4 is 28.1 Å². The summed E-state index contributed by atoms with van der Waals surface area (Å²) in [6, 6.07) is 12.8. The molecular formula is C16H12ClFN2. The van der Waals surface area contributed by atoms with Gasteiger partial charge in [-0.3, -0.25) is 4.98 Å². The Kier molecular flexibility index (Phi) is 3.52. The highest BCUT2D eigenvalue weighted by Crippen LogP contribution is 2.23. The van der Waals surface area contributed by atoms with Gasteiger partial charge in [0.25, 0.3) is 0 Å². The van der Waals surface area contributed by atoms with Crippen LogP contribution in [0.2, 0.25) is 5.02 Å². The molecule has 0 unspecified atom stereocenters. The van der Waals surface area contributed by atoms with Crippen LogP contribution >= 0.6 is 11.6 Å². The number of fused-ring (bicyclic) bond motifs is 1. The van der Waals surface area contributed by atoms with E-state index in [1.54, 1.807) is 12.3 Å². The van der Waals surface area contributed by atoms with E-state index in [0.717, 1.165) is 22.0 Å². The number of anilines is 1. The van der Waals surface area contributed by atoms with Crippen LogP contribution in [0.3, 0.4) is 0 Å². The van der Waals surface area contributed by atoms with Gasteiger partial charge in [0.1, 0.15) is 5.82 Å². The lowest BCUT2D eigenvalue weighted by molar-refractivity contribution is 0.626. The number of pyridine rings is 1. The standard InChI is InChI=1S/C16H12ClFN2/c17-14-5-4-11(8-15(14)18)9-20-16-3-1-2-12-10-19-7-6-13(12)16/h1-8,10,20H,9H2. The van der Waals surface area contributed by atoms with Gasteiger partial charge in [0.2, 0.25) is 0 Å². The first kappa shape index (κ1) is 12.9. The number of hydrogen-bond donors (Lipinski definition) is 1. The Balaban J connectivity index is 1.85. The second-order valence-corrected chi connectivity index (χ2v) is 4.91. The Bertz CT molecular complexity index is 753. The van der Waals surface area contributed by atoms with Crippen molar-refractivity contribution in [3.8, 4) is 0 Å². The number of hydrogen-bond acceptors (Lipinski definition) is 2. The summed E-state index contributed by atoms with van der Waals surface area (Å²) in [6.07, 6.45) is 3.58. The minimum Gasteiger partial charge on any atom is -0.380 e. The first-order valence-electron chi connectivity index (χ1n) is 6.24. The average molecular weight is 287 g/mol. The average Bonchev–Trinajstić information content (AvgIpc) is 2.48. The van der Waals surface area contributed by atoms with E-state index >= 15 is 0 Å². The molecule has 0 aliphatic rings. The molecule has 0 radical (unpaired) electrons. The summed E-state index contributed by atoms with van der Waals surface area (Å²) in [6.45, 7) is 0.537. The number of nitrogens with one attached hydrogen (secondary N) is 1. The van der Waals surface area contributed by atoms with Crippen molar-refractivity contribution in [2.45, 2.75) is 6.54 Å². The molecule has 0 aliphatic carbocycles. The van der Waals surface area contributed by atoms with E-state index in [0.29, 0.717) is 6.54 Å². The Labute approximate surface area is 121 Å². The van der Waals surface area contributed by atoms with Gasteiger partial charge in [-0.1, -0.05) is 29.8 Å². The number of halogens is 2. The maximum Gasteiger partial charge on any atom is 0.142 e. The first-order chi connectivity index (χ1) is 9.74. The summed E-state index contributed by atoms with van der Waals surface area (Å²) in [4.78, 5) is 4.10. The van der Waals surface area contributed by atoms with Crippen molar-refractivity contribution < 1.29 is 4.39 Å². The largest absolute Gasteiger partial charge is 0.380 e. The van der Waals surface area contributed by atoms with Crippen LogP contribution in [0.25, 0.3) is 10.8 Å². The Morgan fingerprint density at radius 1 is 1.15 bits per heavy atom. The van der Waals surface area contributed by atoms with E-state index in [-0.39, 0.29) is 5.02 Å². The maximum absolute atomic E-state index is 13.4. The van der Waals surface area contributed by atoms with Gasteiger partial charge in [0.15, 0.2) is 0 Å². The Morgan fingerprint density at radius 2 is 2.05 bits per heavy atom. The molecule has 1 heterocycles. The molecule has 0 saturated heterocycles. The predicted molar refractivity (Wildman–Crippen MR) is 80.5 cm³/mol. The monoisotopic (exact) mass is 286 g/mol. The second-order valence-electron chi connectivity index (χ2n) is 4.50. The van der Waals surface area contributed by atoms with Crippen LogP contribution in [-0.2, 0) is 6.54 Å². The van der Waals surface area contributed by atoms with Crippen molar-refractivity contribution in [3.05, 3.63) is 71.3 Å². The third kappa shape index (κ3) is 2.58. The molecule has 0 aliphatic heterocycles. The number of aromatic nitrogens is 1. The van der Waals surface area contributed by atoms with E-state index in [1.165, 1.54) is 6.07 Å². The molecule has 100 valence electrons. The van der Waals surface area contributed by atoms with Crippen LogP contribution < -0.4 is 5.32 Å². The fourth-order valence-corrected chi connectivity index (χ4v) is 2.24. The fourth-order valence-electron chi connectivity index (χ4n) is 2.12. The molecule has 4 heteroatoms. The van der Waals surface area contributed by atoms with Crippen LogP contribution in [0.4, 0.5) is 10.1 Å². The molecule has 2 nitrogen and oxygen atoms in total. The quantitative estimate of drug-likeness (QED) is 0.759. The molecule has 0 saturated carbocycles. The van der Waals surface area contributed by atoms with Crippen molar-refractivity contribution in [3.63, 3.8) is 0 Å². The summed E-state index contributed by atoms with van der Waals surface area (Å²) in [5, 5.41) is 5.62. The third-order valence-electron chi connectivity index (χ3n) is 3.15. The summed E-state index contributed by atoms with van der Waals surface area (Å²) in [7, 11) is 0. The van der Waals surface area contributed by atoms with E-state index in [1.807, 2.05) is 36.5 Å². The highest BCUT2D eigenvalue weighted by Gasteiger charge is 2.03. The molecule has 3 aromatic rings. The Morgan fingerprint density at radius 3 is 2.90 bits per heavy atom. The zero-order valence-corrected chi connectivity index (χ0v) is 11.4. The summed E-state index contributed by atoms with van der Waals surface area (Å²) < 4.78 is 13.4. The number of benzene rings is 2. The van der Waals surface area contributed by atoms with Gasteiger partial charge in [0.05, 0.1) is 5.02 Å². The molecule has 0 spiro atoms. The second kappa shape index (κ2) is 5.47. The van der Waals surface area contributed by atoms with Gasteiger partial charge in [-0.05, 0) is 29.8 Å². The maximum atomic E-state index is 13.4. The van der Waals surface area contributed by atoms with Crippen LogP contribution in [0, 0.1) is 5.82 Å². The highest BCUT2D eigenvalue weighted by atomic mass is 35.5. The zero-order chi connectivity index (χ0) is 13.9. The molecule has 1 aromatic heterocycles. The van der Waals surface area contributed by atoms with Crippen molar-refractivity contribution in [2.24, 2.45) is 0 Å². The summed E-state index contributed by atoms with van der Waals surface area (Å²) in [5.74, 6) is -0.395. The lowest BCUT2D eigenvalue weighted by Gasteiger charge is -2.10. The lowest BCUT2D eigenvalue weighted by atomic mass is 10.1. The number of rotatable bonds is 3. The van der Waals surface area contributed by atoms with Crippen molar-refractivity contribution in [1.29, 1.82) is 0 Å². The van der Waals surface area contributed by atoms with Crippen LogP contribution in [-0.4, -0.2) is 4.98 Å². The molecule has 1 N–H and O–H groups in total. The molecule has 2 aromatic carbocycles. The molecule has 0 atom stereocenters. The first-order valence-corrected chi connectivity index (χ1v) is 6.62. The third-order valence-corrected chi connectivity index (χ3v) is 3.45. The predicted octanol–water partition coefficient (Wildman–Crippen LogP) is 4.64. The van der Waals surface area contributed by atoms with Gasteiger partial charge in [-0.25, -0.2) is 4.39 Å². The van der Waals surface area contributed by atoms with Crippen LogP contribution in [0.1, 0.15) is 5.56 Å². The van der Waals surface area contributed by atoms with E-state index in [9.17, 15) is 4.39 Å². The summed E-state index contributed by atoms with van der Waals surface area (Å²) in [5.41, 5.74) is 1.85. The van der Waals surface area contributed by atoms with Crippen molar-refractivity contribution in [1.82, 2.24) is 4.98 Å². The minimum absolute atomic E-state index is 0.144. The van der Waals surface area contributed by atoms with E-state index in [4.69, 9.17) is 11.6 Å². The topological polar surface area (TPSA) is 24.9 Å². The molecule has 3 rings (SSSR count). The molecule has 0 fully saturated rings. The molecule has 20 heavy (non-hydrogen) atoms. The van der Waals surface area contributed by atoms with Gasteiger partial charge >= 0.3 is 0 Å². The highest BCUT2D eigenvalue weighted by molar-refractivity contribution is 6.30. The smallest absolute Gasteiger partial charge is 0.142 e. The van der Waals surface area contributed by atoms with Gasteiger partial charge in [0, 0.05) is 35.4 Å². The molecular weight excluding hydrogens is 275 g/mol. The molecule has 0 amide bonds. The van der Waals surface area contributed by atoms with E-state index < -0.39 is 5.82 Å². The minimum atomic E-state index is -0.395. The SMILES string of the molecule is Fc1cc(CNc2cccc3cnccc23)ccc1Cl. The zero-order valence-electron chi connectivity index (χ0n) is 10.6. The van der Waals surface area contributed by atoms with Crippen LogP contribution in [0.15, 0.2) is 54.9 Å². The normalized spacial score (nSPS) is 10.7. The Hall–Kier alpha value is -2.13. The van der Waals surface area contributed by atoms with Crippen LogP contribution in [0.5, 0.6) is 0 Å². The van der Waals surface area contributed by atoms with Crippen molar-refractivity contribution in [2.75, 3.05) is 5.32 Å². The number of nitrogens with zero attached hydrogens (tertiary/aromatic N) is 1. The summed E-state index contributed by atoms with van der Waals surface area (Å²) >= 11 is 5.67. The fraction of sp³-hybridized carbons (Fsp3) is 0.0625. The van der Waals surface area contributed by atoms with E-state index in [2.05, 4.69) is 10.3 Å². The van der Waals surface area contributed by atoms with Gasteiger partial charge in [-0.15, -0.1) is 0 Å². The van der Waals surface area contributed by atoms with Gasteiger partial charge < -0.3 is 5.32 Å². The lowest BCUT2D eigenvalue weighted by Crippen LogP contribution is -2.00. The van der Waals surface area contributed by atoms with Gasteiger partial charge in [-0.2, -0.15) is 0 Å². The molecule has 0 bridgehead atoms.